The maximum absolute atomic E-state index is 9.89. The fraction of sp³-hybridized carbons (Fsp3) is 0.500. The molecule has 1 rings (SSSR count). The Kier molecular flexibility index (Phi) is 6.06. The van der Waals surface area contributed by atoms with Crippen LogP contribution in [0.15, 0.2) is 36.9 Å². The van der Waals surface area contributed by atoms with Gasteiger partial charge in [-0.3, -0.25) is 0 Å². The Morgan fingerprint density at radius 2 is 2.05 bits per heavy atom. The van der Waals surface area contributed by atoms with Crippen LogP contribution in [-0.4, -0.2) is 29.9 Å². The molecule has 19 heavy (non-hydrogen) atoms. The van der Waals surface area contributed by atoms with Gasteiger partial charge in [0.25, 0.3) is 0 Å². The quantitative estimate of drug-likeness (QED) is 0.743. The molecule has 0 aromatic heterocycles. The zero-order valence-electron chi connectivity index (χ0n) is 12.1. The van der Waals surface area contributed by atoms with Gasteiger partial charge in [-0.1, -0.05) is 24.3 Å². The molecule has 0 radical (unpaired) electrons. The van der Waals surface area contributed by atoms with Gasteiger partial charge in [-0.25, -0.2) is 0 Å². The van der Waals surface area contributed by atoms with Crippen molar-refractivity contribution in [3.63, 3.8) is 0 Å². The first kappa shape index (κ1) is 15.7. The number of β-amino-alcohol motifs (C(OH)–C–C–N with tert-alkyl or cyclic N) is 1. The summed E-state index contributed by atoms with van der Waals surface area (Å²) in [6.07, 6.45) is 2.10. The van der Waals surface area contributed by atoms with E-state index in [1.54, 1.807) is 0 Å². The number of ether oxygens (including phenoxy) is 1. The highest BCUT2D eigenvalue weighted by Crippen LogP contribution is 2.18. The van der Waals surface area contributed by atoms with E-state index < -0.39 is 6.10 Å². The van der Waals surface area contributed by atoms with Crippen LogP contribution in [0.1, 0.15) is 26.3 Å². The lowest BCUT2D eigenvalue weighted by Crippen LogP contribution is -2.42. The summed E-state index contributed by atoms with van der Waals surface area (Å²) in [6, 6.07) is 7.84. The Morgan fingerprint density at radius 1 is 1.37 bits per heavy atom. The van der Waals surface area contributed by atoms with Crippen molar-refractivity contribution in [2.45, 2.75) is 38.8 Å². The number of benzene rings is 1. The van der Waals surface area contributed by atoms with Gasteiger partial charge in [-0.05, 0) is 38.8 Å². The Morgan fingerprint density at radius 3 is 2.68 bits per heavy atom. The topological polar surface area (TPSA) is 41.5 Å². The maximum Gasteiger partial charge on any atom is 0.122 e. The number of nitrogens with one attached hydrogen (secondary N) is 1. The minimum Gasteiger partial charge on any atom is -0.491 e. The van der Waals surface area contributed by atoms with Gasteiger partial charge in [0.15, 0.2) is 0 Å². The lowest BCUT2D eigenvalue weighted by Gasteiger charge is -2.23. The number of aliphatic hydroxyl groups is 1. The predicted molar refractivity (Wildman–Crippen MR) is 79.6 cm³/mol. The van der Waals surface area contributed by atoms with Crippen LogP contribution in [0.2, 0.25) is 0 Å². The first-order chi connectivity index (χ1) is 8.92. The number of aliphatic hydroxyl groups excluding tert-OH is 1. The summed E-state index contributed by atoms with van der Waals surface area (Å²) in [4.78, 5) is 0. The predicted octanol–water partition coefficient (Wildman–Crippen LogP) is 2.54. The van der Waals surface area contributed by atoms with Crippen molar-refractivity contribution in [3.05, 3.63) is 42.5 Å². The fourth-order valence-corrected chi connectivity index (χ4v) is 1.64. The van der Waals surface area contributed by atoms with E-state index in [1.165, 1.54) is 0 Å². The van der Waals surface area contributed by atoms with Gasteiger partial charge in [-0.2, -0.15) is 0 Å². The van der Waals surface area contributed by atoms with E-state index in [0.29, 0.717) is 6.54 Å². The molecule has 0 aliphatic heterocycles. The van der Waals surface area contributed by atoms with E-state index in [0.717, 1.165) is 17.7 Å². The van der Waals surface area contributed by atoms with Crippen molar-refractivity contribution in [1.29, 1.82) is 0 Å². The molecule has 0 fully saturated rings. The van der Waals surface area contributed by atoms with E-state index in [9.17, 15) is 5.11 Å². The van der Waals surface area contributed by atoms with E-state index in [-0.39, 0.29) is 12.1 Å². The Hall–Kier alpha value is -1.32. The highest BCUT2D eigenvalue weighted by Gasteiger charge is 2.13. The van der Waals surface area contributed by atoms with Gasteiger partial charge in [0.05, 0.1) is 0 Å². The third-order valence-corrected chi connectivity index (χ3v) is 2.64. The van der Waals surface area contributed by atoms with E-state index >= 15 is 0 Å². The monoisotopic (exact) mass is 263 g/mol. The SMILES string of the molecule is C=CCc1ccccc1OCC(O)CNC(C)(C)C. The number of rotatable bonds is 7. The van der Waals surface area contributed by atoms with Gasteiger partial charge >= 0.3 is 0 Å². The summed E-state index contributed by atoms with van der Waals surface area (Å²) in [5.41, 5.74) is 1.09. The summed E-state index contributed by atoms with van der Waals surface area (Å²) < 4.78 is 5.68. The van der Waals surface area contributed by atoms with Gasteiger partial charge < -0.3 is 15.2 Å². The van der Waals surface area contributed by atoms with Crippen LogP contribution in [0, 0.1) is 0 Å². The highest BCUT2D eigenvalue weighted by atomic mass is 16.5. The van der Waals surface area contributed by atoms with Crippen LogP contribution >= 0.6 is 0 Å². The van der Waals surface area contributed by atoms with Crippen molar-refractivity contribution < 1.29 is 9.84 Å². The molecule has 0 heterocycles. The Bertz CT molecular complexity index is 396. The smallest absolute Gasteiger partial charge is 0.122 e. The molecular formula is C16H25NO2. The van der Waals surface area contributed by atoms with Gasteiger partial charge in [-0.15, -0.1) is 6.58 Å². The minimum absolute atomic E-state index is 0.00171. The molecule has 0 amide bonds. The lowest BCUT2D eigenvalue weighted by molar-refractivity contribution is 0.0996. The lowest BCUT2D eigenvalue weighted by atomic mass is 10.1. The maximum atomic E-state index is 9.89. The highest BCUT2D eigenvalue weighted by molar-refractivity contribution is 5.34. The molecule has 0 bridgehead atoms. The van der Waals surface area contributed by atoms with Crippen LogP contribution in [-0.2, 0) is 6.42 Å². The largest absolute Gasteiger partial charge is 0.491 e. The molecule has 3 heteroatoms. The molecule has 0 saturated carbocycles. The zero-order chi connectivity index (χ0) is 14.3. The van der Waals surface area contributed by atoms with E-state index in [1.807, 2.05) is 30.3 Å². The number of hydrogen-bond acceptors (Lipinski definition) is 3. The van der Waals surface area contributed by atoms with Crippen LogP contribution in [0.5, 0.6) is 5.75 Å². The fourth-order valence-electron chi connectivity index (χ4n) is 1.64. The number of hydrogen-bond donors (Lipinski definition) is 2. The molecule has 1 unspecified atom stereocenters. The number of allylic oxidation sites excluding steroid dienone is 1. The third kappa shape index (κ3) is 6.41. The van der Waals surface area contributed by atoms with Crippen molar-refractivity contribution in [3.8, 4) is 5.75 Å². The minimum atomic E-state index is -0.518. The second-order valence-corrected chi connectivity index (χ2v) is 5.70. The van der Waals surface area contributed by atoms with Crippen molar-refractivity contribution in [1.82, 2.24) is 5.32 Å². The van der Waals surface area contributed by atoms with Crippen LogP contribution < -0.4 is 10.1 Å². The van der Waals surface area contributed by atoms with E-state index in [4.69, 9.17) is 4.74 Å². The van der Waals surface area contributed by atoms with Crippen molar-refractivity contribution in [2.24, 2.45) is 0 Å². The first-order valence-electron chi connectivity index (χ1n) is 6.67. The normalized spacial score (nSPS) is 13.1. The molecule has 0 saturated heterocycles. The van der Waals surface area contributed by atoms with Gasteiger partial charge in [0, 0.05) is 12.1 Å². The zero-order valence-corrected chi connectivity index (χ0v) is 12.1. The molecular weight excluding hydrogens is 238 g/mol. The van der Waals surface area contributed by atoms with Crippen molar-refractivity contribution >= 4 is 0 Å². The molecule has 1 aromatic carbocycles. The van der Waals surface area contributed by atoms with Crippen molar-refractivity contribution in [2.75, 3.05) is 13.2 Å². The average Bonchev–Trinajstić information content (AvgIpc) is 2.35. The molecule has 0 spiro atoms. The molecule has 3 nitrogen and oxygen atoms in total. The standard InChI is InChI=1S/C16H25NO2/c1-5-8-13-9-6-7-10-15(13)19-12-14(18)11-17-16(2,3)4/h5-7,9-10,14,17-18H,1,8,11-12H2,2-4H3. The summed E-state index contributed by atoms with van der Waals surface area (Å²) >= 11 is 0. The first-order valence-corrected chi connectivity index (χ1v) is 6.67. The Balaban J connectivity index is 2.45. The van der Waals surface area contributed by atoms with Gasteiger partial charge in [0.2, 0.25) is 0 Å². The third-order valence-electron chi connectivity index (χ3n) is 2.64. The van der Waals surface area contributed by atoms with Crippen LogP contribution in [0.4, 0.5) is 0 Å². The Labute approximate surface area is 116 Å². The average molecular weight is 263 g/mol. The molecule has 1 aromatic rings. The second kappa shape index (κ2) is 7.31. The molecule has 106 valence electrons. The van der Waals surface area contributed by atoms with Crippen LogP contribution in [0.3, 0.4) is 0 Å². The molecule has 0 aliphatic rings. The van der Waals surface area contributed by atoms with Crippen LogP contribution in [0.25, 0.3) is 0 Å². The molecule has 1 atom stereocenters. The molecule has 2 N–H and O–H groups in total. The summed E-state index contributed by atoms with van der Waals surface area (Å²) in [5.74, 6) is 0.817. The second-order valence-electron chi connectivity index (χ2n) is 5.70. The summed E-state index contributed by atoms with van der Waals surface area (Å²) in [6.45, 7) is 10.8. The molecule has 0 aliphatic carbocycles. The van der Waals surface area contributed by atoms with E-state index in [2.05, 4.69) is 32.7 Å². The van der Waals surface area contributed by atoms with Gasteiger partial charge in [0.1, 0.15) is 18.5 Å². The number of para-hydroxylation sites is 1. The summed E-state index contributed by atoms with van der Waals surface area (Å²) in [5, 5.41) is 13.1. The summed E-state index contributed by atoms with van der Waals surface area (Å²) in [7, 11) is 0.